The number of benzene rings is 1. The minimum atomic E-state index is 0.212. The summed E-state index contributed by atoms with van der Waals surface area (Å²) in [6.07, 6.45) is 5.95. The lowest BCUT2D eigenvalue weighted by Gasteiger charge is -2.30. The van der Waals surface area contributed by atoms with Crippen LogP contribution in [0, 0.1) is 5.92 Å². The lowest BCUT2D eigenvalue weighted by molar-refractivity contribution is 0.0672. The first-order chi connectivity index (χ1) is 10.1. The zero-order valence-corrected chi connectivity index (χ0v) is 14.7. The van der Waals surface area contributed by atoms with Crippen molar-refractivity contribution in [3.05, 3.63) is 35.4 Å². The maximum Gasteiger partial charge on any atom is 0.254 e. The molecule has 1 aromatic carbocycles. The maximum absolute atomic E-state index is 12.9. The zero-order valence-electron chi connectivity index (χ0n) is 13.1. The molecule has 2 nitrogen and oxygen atoms in total. The molecule has 0 aliphatic heterocycles. The van der Waals surface area contributed by atoms with E-state index in [2.05, 4.69) is 34.7 Å². The molecule has 0 saturated heterocycles. The number of carbonyl (C=O) groups is 1. The molecule has 0 N–H and O–H groups in total. The zero-order chi connectivity index (χ0) is 15.2. The first-order valence-corrected chi connectivity index (χ1v) is 9.20. The monoisotopic (exact) mass is 351 g/mol. The lowest BCUT2D eigenvalue weighted by atomic mass is 10.1. The number of nitrogens with zero attached hydrogens (tertiary/aromatic N) is 1. The van der Waals surface area contributed by atoms with Gasteiger partial charge in [-0.1, -0.05) is 54.8 Å². The number of amides is 1. The summed E-state index contributed by atoms with van der Waals surface area (Å²) in [5.74, 6) is 0.848. The van der Waals surface area contributed by atoms with Gasteiger partial charge in [-0.05, 0) is 42.9 Å². The molecular formula is C18H26BrNO. The van der Waals surface area contributed by atoms with Crippen molar-refractivity contribution in [3.63, 3.8) is 0 Å². The molecule has 0 bridgehead atoms. The van der Waals surface area contributed by atoms with Crippen molar-refractivity contribution in [1.29, 1.82) is 0 Å². The Kier molecular flexibility index (Phi) is 6.28. The lowest BCUT2D eigenvalue weighted by Crippen LogP contribution is -2.40. The largest absolute Gasteiger partial charge is 0.336 e. The molecule has 21 heavy (non-hydrogen) atoms. The first kappa shape index (κ1) is 16.5. The molecule has 1 aromatic rings. The smallest absolute Gasteiger partial charge is 0.254 e. The third-order valence-electron chi connectivity index (χ3n) is 4.33. The van der Waals surface area contributed by atoms with Crippen molar-refractivity contribution in [1.82, 2.24) is 4.90 Å². The summed E-state index contributed by atoms with van der Waals surface area (Å²) in [5.41, 5.74) is 2.04. The highest BCUT2D eigenvalue weighted by molar-refractivity contribution is 9.08. The average Bonchev–Trinajstić information content (AvgIpc) is 3.01. The van der Waals surface area contributed by atoms with Crippen LogP contribution in [0.4, 0.5) is 0 Å². The molecule has 0 spiro atoms. The second-order valence-electron chi connectivity index (χ2n) is 6.45. The van der Waals surface area contributed by atoms with Crippen LogP contribution in [0.2, 0.25) is 0 Å². The van der Waals surface area contributed by atoms with Crippen molar-refractivity contribution < 1.29 is 4.79 Å². The molecule has 0 atom stereocenters. The standard InChI is InChI=1S/C18H26BrNO/c1-14(2)11-12-20(17-5-3-4-6-17)18(21)16-9-7-15(13-19)8-10-16/h7-10,14,17H,3-6,11-13H2,1-2H3. The Bertz CT molecular complexity index is 449. The fourth-order valence-electron chi connectivity index (χ4n) is 2.97. The molecule has 116 valence electrons. The topological polar surface area (TPSA) is 20.3 Å². The molecule has 1 fully saturated rings. The third kappa shape index (κ3) is 4.57. The molecule has 2 rings (SSSR count). The fourth-order valence-corrected chi connectivity index (χ4v) is 3.34. The van der Waals surface area contributed by atoms with Gasteiger partial charge in [0.2, 0.25) is 0 Å². The molecule has 1 saturated carbocycles. The Morgan fingerprint density at radius 1 is 1.24 bits per heavy atom. The molecule has 0 unspecified atom stereocenters. The van der Waals surface area contributed by atoms with Gasteiger partial charge in [-0.2, -0.15) is 0 Å². The van der Waals surface area contributed by atoms with Gasteiger partial charge in [0.25, 0.3) is 5.91 Å². The molecule has 1 amide bonds. The Morgan fingerprint density at radius 2 is 1.86 bits per heavy atom. The van der Waals surface area contributed by atoms with Crippen LogP contribution in [-0.4, -0.2) is 23.4 Å². The van der Waals surface area contributed by atoms with E-state index in [1.165, 1.54) is 31.2 Å². The van der Waals surface area contributed by atoms with E-state index >= 15 is 0 Å². The van der Waals surface area contributed by atoms with E-state index in [1.54, 1.807) is 0 Å². The van der Waals surface area contributed by atoms with Crippen molar-refractivity contribution in [2.24, 2.45) is 5.92 Å². The molecular weight excluding hydrogens is 326 g/mol. The molecule has 0 radical (unpaired) electrons. The highest BCUT2D eigenvalue weighted by atomic mass is 79.9. The molecule has 0 heterocycles. The van der Waals surface area contributed by atoms with Gasteiger partial charge in [0.05, 0.1) is 0 Å². The Balaban J connectivity index is 2.11. The molecule has 3 heteroatoms. The van der Waals surface area contributed by atoms with Crippen LogP contribution in [0.1, 0.15) is 61.9 Å². The van der Waals surface area contributed by atoms with Crippen LogP contribution in [-0.2, 0) is 5.33 Å². The third-order valence-corrected chi connectivity index (χ3v) is 4.98. The van der Waals surface area contributed by atoms with Crippen LogP contribution in [0.3, 0.4) is 0 Å². The number of rotatable bonds is 6. The van der Waals surface area contributed by atoms with E-state index in [1.807, 2.05) is 24.3 Å². The van der Waals surface area contributed by atoms with Gasteiger partial charge in [-0.25, -0.2) is 0 Å². The van der Waals surface area contributed by atoms with Crippen molar-refractivity contribution in [2.75, 3.05) is 6.54 Å². The van der Waals surface area contributed by atoms with Crippen LogP contribution in [0.15, 0.2) is 24.3 Å². The normalized spacial score (nSPS) is 15.6. The fraction of sp³-hybridized carbons (Fsp3) is 0.611. The van der Waals surface area contributed by atoms with Gasteiger partial charge in [-0.3, -0.25) is 4.79 Å². The maximum atomic E-state index is 12.9. The summed E-state index contributed by atoms with van der Waals surface area (Å²) in [7, 11) is 0. The van der Waals surface area contributed by atoms with Crippen molar-refractivity contribution in [3.8, 4) is 0 Å². The van der Waals surface area contributed by atoms with E-state index in [9.17, 15) is 4.79 Å². The van der Waals surface area contributed by atoms with Gasteiger partial charge in [0, 0.05) is 23.5 Å². The first-order valence-electron chi connectivity index (χ1n) is 8.07. The van der Waals surface area contributed by atoms with Crippen LogP contribution in [0.25, 0.3) is 0 Å². The summed E-state index contributed by atoms with van der Waals surface area (Å²) in [5, 5.41) is 0.834. The van der Waals surface area contributed by atoms with Gasteiger partial charge in [-0.15, -0.1) is 0 Å². The summed E-state index contributed by atoms with van der Waals surface area (Å²) in [6, 6.07) is 8.47. The van der Waals surface area contributed by atoms with Gasteiger partial charge in [0.1, 0.15) is 0 Å². The second-order valence-corrected chi connectivity index (χ2v) is 7.01. The molecule has 1 aliphatic rings. The SMILES string of the molecule is CC(C)CCN(C(=O)c1ccc(CBr)cc1)C1CCCC1. The Labute approximate surface area is 137 Å². The summed E-state index contributed by atoms with van der Waals surface area (Å²) >= 11 is 3.45. The van der Waals surface area contributed by atoms with E-state index in [-0.39, 0.29) is 5.91 Å². The Morgan fingerprint density at radius 3 is 2.38 bits per heavy atom. The van der Waals surface area contributed by atoms with E-state index < -0.39 is 0 Å². The highest BCUT2D eigenvalue weighted by Gasteiger charge is 2.27. The van der Waals surface area contributed by atoms with Crippen LogP contribution in [0.5, 0.6) is 0 Å². The predicted octanol–water partition coefficient (Wildman–Crippen LogP) is 5.01. The number of hydrogen-bond acceptors (Lipinski definition) is 1. The molecule has 0 aromatic heterocycles. The summed E-state index contributed by atoms with van der Waals surface area (Å²) in [6.45, 7) is 5.34. The van der Waals surface area contributed by atoms with Crippen LogP contribution < -0.4 is 0 Å². The number of hydrogen-bond donors (Lipinski definition) is 0. The number of carbonyl (C=O) groups excluding carboxylic acids is 1. The van der Waals surface area contributed by atoms with E-state index in [4.69, 9.17) is 0 Å². The van der Waals surface area contributed by atoms with Gasteiger partial charge in [0.15, 0.2) is 0 Å². The summed E-state index contributed by atoms with van der Waals surface area (Å²) < 4.78 is 0. The van der Waals surface area contributed by atoms with E-state index in [0.717, 1.165) is 23.9 Å². The predicted molar refractivity (Wildman–Crippen MR) is 91.8 cm³/mol. The van der Waals surface area contributed by atoms with Gasteiger partial charge < -0.3 is 4.90 Å². The van der Waals surface area contributed by atoms with Crippen molar-refractivity contribution >= 4 is 21.8 Å². The quantitative estimate of drug-likeness (QED) is 0.659. The second kappa shape index (κ2) is 7.98. The minimum absolute atomic E-state index is 0.212. The highest BCUT2D eigenvalue weighted by Crippen LogP contribution is 2.26. The molecule has 1 aliphatic carbocycles. The number of halogens is 1. The van der Waals surface area contributed by atoms with Crippen molar-refractivity contribution in [2.45, 2.75) is 57.3 Å². The van der Waals surface area contributed by atoms with Crippen LogP contribution >= 0.6 is 15.9 Å². The Hall–Kier alpha value is -0.830. The average molecular weight is 352 g/mol. The minimum Gasteiger partial charge on any atom is -0.336 e. The van der Waals surface area contributed by atoms with E-state index in [0.29, 0.717) is 12.0 Å². The number of alkyl halides is 1. The summed E-state index contributed by atoms with van der Waals surface area (Å²) in [4.78, 5) is 15.0. The van der Waals surface area contributed by atoms with Gasteiger partial charge >= 0.3 is 0 Å².